The molecule has 9 heteroatoms. The van der Waals surface area contributed by atoms with Gasteiger partial charge in [0.15, 0.2) is 0 Å². The highest BCUT2D eigenvalue weighted by atomic mass is 35.5. The Balaban J connectivity index is 0.00000225. The van der Waals surface area contributed by atoms with E-state index in [0.717, 1.165) is 12.8 Å². The highest BCUT2D eigenvalue weighted by Crippen LogP contribution is 2.41. The number of amides is 1. The summed E-state index contributed by atoms with van der Waals surface area (Å²) in [6.45, 7) is 1.30. The smallest absolute Gasteiger partial charge is 0.240 e. The number of carbonyl (C=O) groups is 1. The quantitative estimate of drug-likeness (QED) is 0.738. The van der Waals surface area contributed by atoms with E-state index < -0.39 is 15.9 Å². The van der Waals surface area contributed by atoms with Crippen LogP contribution in [0.1, 0.15) is 18.4 Å². The van der Waals surface area contributed by atoms with E-state index >= 15 is 0 Å². The van der Waals surface area contributed by atoms with Gasteiger partial charge in [0, 0.05) is 19.1 Å². The van der Waals surface area contributed by atoms with Crippen LogP contribution in [0.3, 0.4) is 0 Å². The largest absolute Gasteiger partial charge is 0.369 e. The predicted octanol–water partition coefficient (Wildman–Crippen LogP) is 0.454. The molecule has 2 fully saturated rings. The number of hydrogen-bond acceptors (Lipinski definition) is 5. The molecule has 1 saturated heterocycles. The molecule has 1 heterocycles. The lowest BCUT2D eigenvalue weighted by Crippen LogP contribution is -2.41. The van der Waals surface area contributed by atoms with Crippen LogP contribution in [-0.2, 0) is 14.8 Å². The van der Waals surface area contributed by atoms with Crippen molar-refractivity contribution < 1.29 is 13.2 Å². The Hall–Kier alpha value is -1.66. The zero-order valence-corrected chi connectivity index (χ0v) is 15.2. The summed E-state index contributed by atoms with van der Waals surface area (Å²) < 4.78 is 28.1. The molecule has 0 radical (unpaired) electrons. The Bertz CT molecular complexity index is 789. The van der Waals surface area contributed by atoms with Crippen molar-refractivity contribution >= 4 is 28.3 Å². The Morgan fingerprint density at radius 2 is 2.08 bits per heavy atom. The monoisotopic (exact) mass is 384 g/mol. The molecule has 1 saturated carbocycles. The summed E-state index contributed by atoms with van der Waals surface area (Å²) in [5.74, 6) is 0.286. The highest BCUT2D eigenvalue weighted by molar-refractivity contribution is 7.89. The molecular weight excluding hydrogens is 364 g/mol. The molecule has 0 bridgehead atoms. The predicted molar refractivity (Wildman–Crippen MR) is 94.4 cm³/mol. The standard InChI is InChI=1S/C16H20N4O3S.ClH/c17-7-11-2-1-3-13(6-11)24(22,23)19-15-9-20(10-16(18)21)8-14(15)12-4-5-12;/h1-3,6,12,14-15,19H,4-5,8-10H2,(H2,18,21);1H/t14-,15+;/m1./s1. The lowest BCUT2D eigenvalue weighted by Gasteiger charge is -2.19. The first kappa shape index (κ1) is 19.7. The zero-order valence-electron chi connectivity index (χ0n) is 13.6. The van der Waals surface area contributed by atoms with Crippen LogP contribution in [-0.4, -0.2) is 44.9 Å². The number of nitrogens with two attached hydrogens (primary N) is 1. The van der Waals surface area contributed by atoms with Gasteiger partial charge in [0.1, 0.15) is 0 Å². The van der Waals surface area contributed by atoms with Crippen LogP contribution in [0.4, 0.5) is 0 Å². The van der Waals surface area contributed by atoms with Crippen molar-refractivity contribution in [2.45, 2.75) is 23.8 Å². The Labute approximate surface area is 153 Å². The number of benzene rings is 1. The molecule has 0 unspecified atom stereocenters. The molecule has 1 aromatic carbocycles. The second-order valence-corrected chi connectivity index (χ2v) is 8.24. The van der Waals surface area contributed by atoms with Gasteiger partial charge in [-0.3, -0.25) is 9.69 Å². The van der Waals surface area contributed by atoms with Crippen molar-refractivity contribution in [2.75, 3.05) is 19.6 Å². The van der Waals surface area contributed by atoms with E-state index in [1.165, 1.54) is 12.1 Å². The fourth-order valence-corrected chi connectivity index (χ4v) is 4.71. The molecule has 7 nitrogen and oxygen atoms in total. The first-order valence-corrected chi connectivity index (χ1v) is 9.40. The number of likely N-dealkylation sites (tertiary alicyclic amines) is 1. The maximum Gasteiger partial charge on any atom is 0.240 e. The van der Waals surface area contributed by atoms with Crippen LogP contribution < -0.4 is 10.5 Å². The molecule has 0 spiro atoms. The van der Waals surface area contributed by atoms with E-state index in [9.17, 15) is 13.2 Å². The van der Waals surface area contributed by atoms with Gasteiger partial charge in [-0.2, -0.15) is 5.26 Å². The summed E-state index contributed by atoms with van der Waals surface area (Å²) in [6, 6.07) is 7.67. The first-order chi connectivity index (χ1) is 11.4. The Kier molecular flexibility index (Phi) is 6.06. The summed E-state index contributed by atoms with van der Waals surface area (Å²) in [5.41, 5.74) is 5.56. The van der Waals surface area contributed by atoms with Crippen molar-refractivity contribution in [3.05, 3.63) is 29.8 Å². The van der Waals surface area contributed by atoms with Gasteiger partial charge in [-0.25, -0.2) is 13.1 Å². The molecule has 3 N–H and O–H groups in total. The van der Waals surface area contributed by atoms with E-state index in [1.54, 1.807) is 12.1 Å². The molecule has 0 aromatic heterocycles. The summed E-state index contributed by atoms with van der Waals surface area (Å²) >= 11 is 0. The fraction of sp³-hybridized carbons (Fsp3) is 0.500. The number of hydrogen-bond donors (Lipinski definition) is 2. The lowest BCUT2D eigenvalue weighted by atomic mass is 9.99. The van der Waals surface area contributed by atoms with Gasteiger partial charge in [0.25, 0.3) is 0 Å². The van der Waals surface area contributed by atoms with Crippen LogP contribution in [0.25, 0.3) is 0 Å². The molecule has 1 aliphatic heterocycles. The maximum atomic E-state index is 12.6. The van der Waals surface area contributed by atoms with Gasteiger partial charge in [-0.05, 0) is 42.9 Å². The summed E-state index contributed by atoms with van der Waals surface area (Å²) in [4.78, 5) is 13.1. The summed E-state index contributed by atoms with van der Waals surface area (Å²) in [6.07, 6.45) is 2.19. The topological polar surface area (TPSA) is 116 Å². The van der Waals surface area contributed by atoms with Crippen LogP contribution >= 0.6 is 12.4 Å². The highest BCUT2D eigenvalue weighted by Gasteiger charge is 2.44. The molecule has 25 heavy (non-hydrogen) atoms. The zero-order chi connectivity index (χ0) is 17.3. The van der Waals surface area contributed by atoms with E-state index in [0.29, 0.717) is 24.6 Å². The minimum absolute atomic E-state index is 0. The van der Waals surface area contributed by atoms with Gasteiger partial charge >= 0.3 is 0 Å². The van der Waals surface area contributed by atoms with Crippen LogP contribution in [0.2, 0.25) is 0 Å². The van der Waals surface area contributed by atoms with E-state index in [1.807, 2.05) is 11.0 Å². The Morgan fingerprint density at radius 1 is 1.36 bits per heavy atom. The van der Waals surface area contributed by atoms with Crippen LogP contribution in [0.15, 0.2) is 29.2 Å². The molecule has 3 rings (SSSR count). The number of carbonyl (C=O) groups excluding carboxylic acids is 1. The van der Waals surface area contributed by atoms with Gasteiger partial charge in [-0.1, -0.05) is 6.07 Å². The molecule has 2 atom stereocenters. The van der Waals surface area contributed by atoms with Crippen molar-refractivity contribution in [3.8, 4) is 6.07 Å². The number of halogens is 1. The molecule has 1 amide bonds. The third kappa shape index (κ3) is 4.70. The second-order valence-electron chi connectivity index (χ2n) is 6.53. The number of sulfonamides is 1. The SMILES string of the molecule is Cl.N#Cc1cccc(S(=O)(=O)N[C@H]2CN(CC(N)=O)C[C@@H]2C2CC2)c1. The van der Waals surface area contributed by atoms with Gasteiger partial charge in [-0.15, -0.1) is 12.4 Å². The van der Waals surface area contributed by atoms with Crippen molar-refractivity contribution in [3.63, 3.8) is 0 Å². The van der Waals surface area contributed by atoms with Crippen molar-refractivity contribution in [1.82, 2.24) is 9.62 Å². The number of primary amides is 1. The molecule has 136 valence electrons. The summed E-state index contributed by atoms with van der Waals surface area (Å²) in [5, 5.41) is 8.94. The molecular formula is C16H21ClN4O3S. The minimum atomic E-state index is -3.71. The van der Waals surface area contributed by atoms with Gasteiger partial charge in [0.05, 0.1) is 23.1 Å². The number of nitrogens with one attached hydrogen (secondary N) is 1. The molecule has 2 aliphatic rings. The van der Waals surface area contributed by atoms with Crippen LogP contribution in [0, 0.1) is 23.2 Å². The fourth-order valence-electron chi connectivity index (χ4n) is 3.39. The number of rotatable bonds is 6. The maximum absolute atomic E-state index is 12.6. The van der Waals surface area contributed by atoms with E-state index in [-0.39, 0.29) is 35.8 Å². The average molecular weight is 385 g/mol. The second kappa shape index (κ2) is 7.70. The average Bonchev–Trinajstić information content (AvgIpc) is 3.30. The third-order valence-electron chi connectivity index (χ3n) is 4.63. The summed E-state index contributed by atoms with van der Waals surface area (Å²) in [7, 11) is -3.71. The van der Waals surface area contributed by atoms with Crippen LogP contribution in [0.5, 0.6) is 0 Å². The lowest BCUT2D eigenvalue weighted by molar-refractivity contribution is -0.118. The van der Waals surface area contributed by atoms with Crippen molar-refractivity contribution in [1.29, 1.82) is 5.26 Å². The first-order valence-electron chi connectivity index (χ1n) is 7.92. The number of nitriles is 1. The third-order valence-corrected chi connectivity index (χ3v) is 6.12. The normalized spacial score (nSPS) is 23.6. The van der Waals surface area contributed by atoms with Gasteiger partial charge < -0.3 is 5.73 Å². The molecule has 1 aromatic rings. The van der Waals surface area contributed by atoms with E-state index in [2.05, 4.69) is 4.72 Å². The Morgan fingerprint density at radius 3 is 2.68 bits per heavy atom. The molecule has 1 aliphatic carbocycles. The number of nitrogens with zero attached hydrogens (tertiary/aromatic N) is 2. The van der Waals surface area contributed by atoms with E-state index in [4.69, 9.17) is 11.0 Å². The minimum Gasteiger partial charge on any atom is -0.369 e. The van der Waals surface area contributed by atoms with Gasteiger partial charge in [0.2, 0.25) is 15.9 Å². The van der Waals surface area contributed by atoms with Crippen molar-refractivity contribution in [2.24, 2.45) is 17.6 Å².